The van der Waals surface area contributed by atoms with E-state index in [9.17, 15) is 4.79 Å². The van der Waals surface area contributed by atoms with Crippen LogP contribution in [-0.4, -0.2) is 13.0 Å². The third kappa shape index (κ3) is 5.21. The van der Waals surface area contributed by atoms with Crippen LogP contribution in [0.1, 0.15) is 47.3 Å². The largest absolute Gasteiger partial charge is 0.497 e. The van der Waals surface area contributed by atoms with Gasteiger partial charge in [0.25, 0.3) is 5.91 Å². The number of hydrogen-bond acceptors (Lipinski definition) is 2. The lowest BCUT2D eigenvalue weighted by molar-refractivity contribution is 0.0950. The first-order valence-electron chi connectivity index (χ1n) is 8.74. The lowest BCUT2D eigenvalue weighted by atomic mass is 9.98. The van der Waals surface area contributed by atoms with Crippen molar-refractivity contribution in [2.75, 3.05) is 7.11 Å². The molecule has 0 radical (unpaired) electrons. The van der Waals surface area contributed by atoms with Crippen molar-refractivity contribution in [2.24, 2.45) is 5.92 Å². The molecule has 0 aliphatic carbocycles. The zero-order valence-electron chi connectivity index (χ0n) is 15.5. The molecule has 3 nitrogen and oxygen atoms in total. The Morgan fingerprint density at radius 2 is 2.00 bits per heavy atom. The fraction of sp³-hybridized carbons (Fsp3) is 0.318. The summed E-state index contributed by atoms with van der Waals surface area (Å²) in [5, 5.41) is 3.01. The maximum Gasteiger partial charge on any atom is 0.252 e. The van der Waals surface area contributed by atoms with Crippen LogP contribution in [0.2, 0.25) is 0 Å². The summed E-state index contributed by atoms with van der Waals surface area (Å²) in [6.07, 6.45) is 5.32. The number of carbonyl (C=O) groups excluding carboxylic acids is 1. The molecule has 0 bridgehead atoms. The first-order chi connectivity index (χ1) is 12.0. The lowest BCUT2D eigenvalue weighted by Crippen LogP contribution is -2.23. The second-order valence-electron chi connectivity index (χ2n) is 6.32. The number of carbonyl (C=O) groups is 1. The van der Waals surface area contributed by atoms with Gasteiger partial charge in [-0.3, -0.25) is 4.79 Å². The van der Waals surface area contributed by atoms with Crippen molar-refractivity contribution < 1.29 is 9.53 Å². The predicted octanol–water partition coefficient (Wildman–Crippen LogP) is 4.99. The van der Waals surface area contributed by atoms with E-state index in [1.807, 2.05) is 49.4 Å². The highest BCUT2D eigenvalue weighted by atomic mass is 16.5. The van der Waals surface area contributed by atoms with Crippen molar-refractivity contribution >= 4 is 12.0 Å². The monoisotopic (exact) mass is 337 g/mol. The van der Waals surface area contributed by atoms with Gasteiger partial charge in [0.2, 0.25) is 0 Å². The van der Waals surface area contributed by atoms with Crippen molar-refractivity contribution in [3.8, 4) is 5.75 Å². The molecular formula is C22H27NO2. The minimum Gasteiger partial charge on any atom is -0.497 e. The van der Waals surface area contributed by atoms with Crippen molar-refractivity contribution in [3.05, 3.63) is 70.8 Å². The van der Waals surface area contributed by atoms with Crippen molar-refractivity contribution in [1.82, 2.24) is 5.32 Å². The van der Waals surface area contributed by atoms with E-state index in [1.165, 1.54) is 0 Å². The van der Waals surface area contributed by atoms with E-state index in [0.29, 0.717) is 18.0 Å². The van der Waals surface area contributed by atoms with Gasteiger partial charge in [0.05, 0.1) is 7.11 Å². The van der Waals surface area contributed by atoms with Crippen LogP contribution in [0.3, 0.4) is 0 Å². The summed E-state index contributed by atoms with van der Waals surface area (Å²) in [5.41, 5.74) is 3.82. The number of allylic oxidation sites excluding steroid dienone is 1. The number of benzene rings is 2. The highest BCUT2D eigenvalue weighted by molar-refractivity contribution is 5.98. The zero-order chi connectivity index (χ0) is 18.2. The third-order valence-electron chi connectivity index (χ3n) is 4.39. The number of hydrogen-bond donors (Lipinski definition) is 1. The average molecular weight is 337 g/mol. The predicted molar refractivity (Wildman–Crippen MR) is 104 cm³/mol. The van der Waals surface area contributed by atoms with Crippen LogP contribution in [0.25, 0.3) is 6.08 Å². The third-order valence-corrected chi connectivity index (χ3v) is 4.39. The molecule has 0 saturated heterocycles. The Hall–Kier alpha value is -2.55. The Morgan fingerprint density at radius 1 is 1.24 bits per heavy atom. The van der Waals surface area contributed by atoms with Crippen molar-refractivity contribution in [1.29, 1.82) is 0 Å². The Kier molecular flexibility index (Phi) is 6.81. The summed E-state index contributed by atoms with van der Waals surface area (Å²) in [4.78, 5) is 12.7. The summed E-state index contributed by atoms with van der Waals surface area (Å²) in [6.45, 7) is 6.85. The molecule has 2 aromatic carbocycles. The van der Waals surface area contributed by atoms with Crippen LogP contribution in [0.4, 0.5) is 0 Å². The maximum atomic E-state index is 12.7. The number of ether oxygens (including phenoxy) is 1. The first kappa shape index (κ1) is 18.8. The number of aryl methyl sites for hydroxylation is 1. The Morgan fingerprint density at radius 3 is 2.72 bits per heavy atom. The number of nitrogens with one attached hydrogen (secondary N) is 1. The molecule has 0 saturated carbocycles. The van der Waals surface area contributed by atoms with Crippen LogP contribution in [-0.2, 0) is 6.54 Å². The maximum absolute atomic E-state index is 12.7. The van der Waals surface area contributed by atoms with Crippen LogP contribution in [0.15, 0.2) is 48.5 Å². The molecular weight excluding hydrogens is 310 g/mol. The Labute approximate surface area is 150 Å². The molecule has 1 atom stereocenters. The number of rotatable bonds is 7. The molecule has 132 valence electrons. The topological polar surface area (TPSA) is 38.3 Å². The molecule has 1 unspecified atom stereocenters. The minimum absolute atomic E-state index is 0.0599. The van der Waals surface area contributed by atoms with Gasteiger partial charge in [-0.15, -0.1) is 0 Å². The molecule has 0 fully saturated rings. The smallest absolute Gasteiger partial charge is 0.252 e. The molecule has 0 heterocycles. The van der Waals surface area contributed by atoms with Gasteiger partial charge in [-0.2, -0.15) is 0 Å². The standard InChI is InChI=1S/C22H27NO2/c1-5-16(2)12-13-20-17(3)8-6-11-21(20)22(24)23-15-18-9-7-10-19(14-18)25-4/h6-14,16H,5,15H2,1-4H3,(H,23,24)/b13-12-. The summed E-state index contributed by atoms with van der Waals surface area (Å²) in [5.74, 6) is 1.22. The van der Waals surface area contributed by atoms with Gasteiger partial charge in [-0.25, -0.2) is 0 Å². The van der Waals surface area contributed by atoms with E-state index in [2.05, 4.69) is 31.3 Å². The zero-order valence-corrected chi connectivity index (χ0v) is 15.5. The minimum atomic E-state index is -0.0599. The Balaban J connectivity index is 2.15. The number of methoxy groups -OCH3 is 1. The molecule has 1 amide bonds. The second-order valence-corrected chi connectivity index (χ2v) is 6.32. The van der Waals surface area contributed by atoms with Crippen LogP contribution in [0, 0.1) is 12.8 Å². The van der Waals surface area contributed by atoms with Gasteiger partial charge < -0.3 is 10.1 Å². The van der Waals surface area contributed by atoms with E-state index in [-0.39, 0.29) is 5.91 Å². The fourth-order valence-corrected chi connectivity index (χ4v) is 2.56. The van der Waals surface area contributed by atoms with E-state index >= 15 is 0 Å². The van der Waals surface area contributed by atoms with Gasteiger partial charge >= 0.3 is 0 Å². The molecule has 3 heteroatoms. The Bertz CT molecular complexity index is 749. The molecule has 0 aliphatic heterocycles. The lowest BCUT2D eigenvalue weighted by Gasteiger charge is -2.11. The van der Waals surface area contributed by atoms with E-state index < -0.39 is 0 Å². The average Bonchev–Trinajstić information content (AvgIpc) is 2.64. The summed E-state index contributed by atoms with van der Waals surface area (Å²) < 4.78 is 5.22. The van der Waals surface area contributed by atoms with Gasteiger partial charge in [-0.1, -0.05) is 56.7 Å². The molecule has 0 spiro atoms. The molecule has 2 aromatic rings. The van der Waals surface area contributed by atoms with E-state index in [0.717, 1.165) is 28.9 Å². The summed E-state index contributed by atoms with van der Waals surface area (Å²) >= 11 is 0. The summed E-state index contributed by atoms with van der Waals surface area (Å²) in [6, 6.07) is 13.6. The fourth-order valence-electron chi connectivity index (χ4n) is 2.56. The molecule has 0 aliphatic rings. The first-order valence-corrected chi connectivity index (χ1v) is 8.74. The summed E-state index contributed by atoms with van der Waals surface area (Å²) in [7, 11) is 1.64. The highest BCUT2D eigenvalue weighted by Crippen LogP contribution is 2.18. The van der Waals surface area contributed by atoms with E-state index in [4.69, 9.17) is 4.74 Å². The SMILES string of the molecule is CCC(C)/C=C\c1c(C)cccc1C(=O)NCc1cccc(OC)c1. The van der Waals surface area contributed by atoms with Crippen LogP contribution >= 0.6 is 0 Å². The quantitative estimate of drug-likeness (QED) is 0.772. The molecule has 0 aromatic heterocycles. The van der Waals surface area contributed by atoms with Gasteiger partial charge in [-0.05, 0) is 47.7 Å². The van der Waals surface area contributed by atoms with E-state index in [1.54, 1.807) is 7.11 Å². The van der Waals surface area contributed by atoms with Crippen LogP contribution < -0.4 is 10.1 Å². The van der Waals surface area contributed by atoms with Crippen molar-refractivity contribution in [3.63, 3.8) is 0 Å². The van der Waals surface area contributed by atoms with Crippen LogP contribution in [0.5, 0.6) is 5.75 Å². The van der Waals surface area contributed by atoms with Gasteiger partial charge in [0, 0.05) is 12.1 Å². The second kappa shape index (κ2) is 9.07. The van der Waals surface area contributed by atoms with Gasteiger partial charge in [0.15, 0.2) is 0 Å². The van der Waals surface area contributed by atoms with Crippen molar-refractivity contribution in [2.45, 2.75) is 33.7 Å². The molecule has 1 N–H and O–H groups in total. The normalized spacial score (nSPS) is 12.2. The highest BCUT2D eigenvalue weighted by Gasteiger charge is 2.11. The molecule has 2 rings (SSSR count). The number of amides is 1. The molecule has 25 heavy (non-hydrogen) atoms. The van der Waals surface area contributed by atoms with Gasteiger partial charge in [0.1, 0.15) is 5.75 Å².